The molecule has 1 unspecified atom stereocenters. The number of aryl methyl sites for hydroxylation is 1. The second kappa shape index (κ2) is 11.4. The van der Waals surface area contributed by atoms with Crippen molar-refractivity contribution in [2.24, 2.45) is 4.99 Å². The molecular weight excluding hydrogens is 342 g/mol. The zero-order chi connectivity index (χ0) is 20.3. The van der Waals surface area contributed by atoms with Crippen molar-refractivity contribution in [1.82, 2.24) is 20.9 Å². The molecule has 27 heavy (non-hydrogen) atoms. The Bertz CT molecular complexity index is 611. The predicted octanol–water partition coefficient (Wildman–Crippen LogP) is 3.14. The number of hydrogen-bond donors (Lipinski definition) is 3. The number of aliphatic imine (C=N–C) groups is 1. The standard InChI is InChI=1S/C20H35N5O2/c1-7-8-11-16(13-24-19(26)27-20(3,4)5)25-18(21-6)23-14-17-15(2)10-9-12-22-17/h9-10,12,16H,7-8,11,13-14H2,1-6H3,(H,24,26)(H2,21,23,25). The maximum absolute atomic E-state index is 11.9. The van der Waals surface area contributed by atoms with Gasteiger partial charge in [0.2, 0.25) is 0 Å². The van der Waals surface area contributed by atoms with Crippen LogP contribution in [-0.4, -0.2) is 42.3 Å². The van der Waals surface area contributed by atoms with Crippen LogP contribution in [0.25, 0.3) is 0 Å². The lowest BCUT2D eigenvalue weighted by Gasteiger charge is -2.24. The summed E-state index contributed by atoms with van der Waals surface area (Å²) in [6.45, 7) is 10.8. The molecule has 1 rings (SSSR count). The highest BCUT2D eigenvalue weighted by Gasteiger charge is 2.18. The first kappa shape index (κ1) is 22.7. The minimum absolute atomic E-state index is 0.0634. The van der Waals surface area contributed by atoms with Gasteiger partial charge < -0.3 is 20.7 Å². The van der Waals surface area contributed by atoms with E-state index < -0.39 is 11.7 Å². The zero-order valence-corrected chi connectivity index (χ0v) is 17.6. The van der Waals surface area contributed by atoms with Crippen LogP contribution in [-0.2, 0) is 11.3 Å². The molecule has 1 aromatic rings. The van der Waals surface area contributed by atoms with E-state index in [9.17, 15) is 4.79 Å². The molecule has 0 aliphatic heterocycles. The van der Waals surface area contributed by atoms with Gasteiger partial charge in [-0.05, 0) is 45.7 Å². The summed E-state index contributed by atoms with van der Waals surface area (Å²) in [5.41, 5.74) is 1.61. The van der Waals surface area contributed by atoms with Gasteiger partial charge in [0.1, 0.15) is 5.60 Å². The van der Waals surface area contributed by atoms with Crippen LogP contribution in [0.15, 0.2) is 23.3 Å². The summed E-state index contributed by atoms with van der Waals surface area (Å²) in [4.78, 5) is 20.6. The van der Waals surface area contributed by atoms with Crippen LogP contribution in [0.5, 0.6) is 0 Å². The van der Waals surface area contributed by atoms with Gasteiger partial charge in [0, 0.05) is 25.8 Å². The van der Waals surface area contributed by atoms with Gasteiger partial charge in [-0.3, -0.25) is 9.98 Å². The molecule has 0 spiro atoms. The van der Waals surface area contributed by atoms with Gasteiger partial charge in [-0.15, -0.1) is 0 Å². The number of ether oxygens (including phenoxy) is 1. The van der Waals surface area contributed by atoms with E-state index in [1.54, 1.807) is 13.2 Å². The van der Waals surface area contributed by atoms with Gasteiger partial charge in [0.15, 0.2) is 5.96 Å². The Kier molecular flexibility index (Phi) is 9.61. The first-order chi connectivity index (χ1) is 12.7. The van der Waals surface area contributed by atoms with E-state index in [0.29, 0.717) is 19.0 Å². The molecule has 1 aromatic heterocycles. The molecule has 0 saturated heterocycles. The number of guanidine groups is 1. The number of carbonyl (C=O) groups excluding carboxylic acids is 1. The summed E-state index contributed by atoms with van der Waals surface area (Å²) in [5, 5.41) is 9.52. The number of nitrogens with zero attached hydrogens (tertiary/aromatic N) is 2. The van der Waals surface area contributed by atoms with Crippen LogP contribution in [0.4, 0.5) is 4.79 Å². The monoisotopic (exact) mass is 377 g/mol. The molecule has 0 fully saturated rings. The maximum Gasteiger partial charge on any atom is 0.407 e. The molecule has 0 saturated carbocycles. The van der Waals surface area contributed by atoms with Crippen molar-refractivity contribution in [3.8, 4) is 0 Å². The lowest BCUT2D eigenvalue weighted by molar-refractivity contribution is 0.0523. The van der Waals surface area contributed by atoms with E-state index in [1.165, 1.54) is 0 Å². The first-order valence-electron chi connectivity index (χ1n) is 9.59. The number of nitrogens with one attached hydrogen (secondary N) is 3. The molecule has 0 aliphatic carbocycles. The average molecular weight is 378 g/mol. The lowest BCUT2D eigenvalue weighted by atomic mass is 10.1. The minimum Gasteiger partial charge on any atom is -0.444 e. The number of amides is 1. The molecule has 0 aliphatic rings. The van der Waals surface area contributed by atoms with Crippen molar-refractivity contribution in [2.75, 3.05) is 13.6 Å². The van der Waals surface area contributed by atoms with Gasteiger partial charge in [0.25, 0.3) is 0 Å². The fourth-order valence-corrected chi connectivity index (χ4v) is 2.46. The number of aromatic nitrogens is 1. The van der Waals surface area contributed by atoms with E-state index in [2.05, 4.69) is 32.9 Å². The third-order valence-electron chi connectivity index (χ3n) is 3.90. The van der Waals surface area contributed by atoms with Crippen LogP contribution in [0, 0.1) is 6.92 Å². The molecule has 0 bridgehead atoms. The van der Waals surface area contributed by atoms with Crippen molar-refractivity contribution in [3.05, 3.63) is 29.6 Å². The number of alkyl carbamates (subject to hydrolysis) is 1. The summed E-state index contributed by atoms with van der Waals surface area (Å²) in [5.74, 6) is 0.687. The van der Waals surface area contributed by atoms with Gasteiger partial charge in [0.05, 0.1) is 12.2 Å². The Morgan fingerprint density at radius 3 is 2.67 bits per heavy atom. The van der Waals surface area contributed by atoms with Gasteiger partial charge in [-0.1, -0.05) is 25.8 Å². The fourth-order valence-electron chi connectivity index (χ4n) is 2.46. The van der Waals surface area contributed by atoms with E-state index >= 15 is 0 Å². The Morgan fingerprint density at radius 2 is 2.07 bits per heavy atom. The average Bonchev–Trinajstić information content (AvgIpc) is 2.60. The van der Waals surface area contributed by atoms with Crippen LogP contribution >= 0.6 is 0 Å². The summed E-state index contributed by atoms with van der Waals surface area (Å²) in [7, 11) is 1.73. The maximum atomic E-state index is 11.9. The molecule has 0 aromatic carbocycles. The number of unbranched alkanes of at least 4 members (excludes halogenated alkanes) is 1. The van der Waals surface area contributed by atoms with Crippen molar-refractivity contribution in [2.45, 2.75) is 72.1 Å². The van der Waals surface area contributed by atoms with Gasteiger partial charge in [-0.2, -0.15) is 0 Å². The molecule has 7 heteroatoms. The second-order valence-electron chi connectivity index (χ2n) is 7.56. The highest BCUT2D eigenvalue weighted by Crippen LogP contribution is 2.07. The molecule has 1 heterocycles. The number of carbonyl (C=O) groups is 1. The Morgan fingerprint density at radius 1 is 1.33 bits per heavy atom. The molecule has 1 atom stereocenters. The largest absolute Gasteiger partial charge is 0.444 e. The second-order valence-corrected chi connectivity index (χ2v) is 7.56. The third-order valence-corrected chi connectivity index (χ3v) is 3.90. The summed E-state index contributed by atoms with van der Waals surface area (Å²) in [6, 6.07) is 4.03. The number of hydrogen-bond acceptors (Lipinski definition) is 4. The third kappa shape index (κ3) is 9.82. The quantitative estimate of drug-likeness (QED) is 0.478. The summed E-state index contributed by atoms with van der Waals surface area (Å²) < 4.78 is 5.31. The summed E-state index contributed by atoms with van der Waals surface area (Å²) >= 11 is 0. The predicted molar refractivity (Wildman–Crippen MR) is 110 cm³/mol. The van der Waals surface area contributed by atoms with Crippen molar-refractivity contribution < 1.29 is 9.53 Å². The molecule has 1 amide bonds. The first-order valence-corrected chi connectivity index (χ1v) is 9.59. The SMILES string of the molecule is CCCCC(CNC(=O)OC(C)(C)C)NC(=NC)NCc1ncccc1C. The Labute approximate surface area is 163 Å². The van der Waals surface area contributed by atoms with Gasteiger partial charge >= 0.3 is 6.09 Å². The zero-order valence-electron chi connectivity index (χ0n) is 17.6. The van der Waals surface area contributed by atoms with Crippen LogP contribution in [0.2, 0.25) is 0 Å². The van der Waals surface area contributed by atoms with E-state index in [4.69, 9.17) is 4.74 Å². The molecule has 152 valence electrons. The number of pyridine rings is 1. The highest BCUT2D eigenvalue weighted by atomic mass is 16.6. The molecule has 7 nitrogen and oxygen atoms in total. The Balaban J connectivity index is 2.59. The van der Waals surface area contributed by atoms with E-state index in [0.717, 1.165) is 30.5 Å². The smallest absolute Gasteiger partial charge is 0.407 e. The van der Waals surface area contributed by atoms with E-state index in [-0.39, 0.29) is 6.04 Å². The highest BCUT2D eigenvalue weighted by molar-refractivity contribution is 5.80. The lowest BCUT2D eigenvalue weighted by Crippen LogP contribution is -2.48. The normalized spacial score (nSPS) is 13.0. The van der Waals surface area contributed by atoms with Crippen LogP contribution in [0.1, 0.15) is 58.2 Å². The summed E-state index contributed by atoms with van der Waals surface area (Å²) in [6.07, 6.45) is 4.45. The fraction of sp³-hybridized carbons (Fsp3) is 0.650. The molecule has 3 N–H and O–H groups in total. The van der Waals surface area contributed by atoms with Crippen LogP contribution in [0.3, 0.4) is 0 Å². The van der Waals surface area contributed by atoms with Crippen molar-refractivity contribution >= 4 is 12.1 Å². The van der Waals surface area contributed by atoms with Crippen molar-refractivity contribution in [1.29, 1.82) is 0 Å². The van der Waals surface area contributed by atoms with Gasteiger partial charge in [-0.25, -0.2) is 4.79 Å². The topological polar surface area (TPSA) is 87.6 Å². The van der Waals surface area contributed by atoms with E-state index in [1.807, 2.05) is 39.8 Å². The number of rotatable bonds is 8. The van der Waals surface area contributed by atoms with Crippen molar-refractivity contribution in [3.63, 3.8) is 0 Å². The minimum atomic E-state index is -0.505. The Hall–Kier alpha value is -2.31. The molecular formula is C20H35N5O2. The van der Waals surface area contributed by atoms with Crippen LogP contribution < -0.4 is 16.0 Å². The molecule has 0 radical (unpaired) electrons.